The van der Waals surface area contributed by atoms with Crippen molar-refractivity contribution < 1.29 is 19.1 Å². The third kappa shape index (κ3) is 13.8. The number of hydrogen-bond acceptors (Lipinski definition) is 5. The zero-order valence-corrected chi connectivity index (χ0v) is 24.9. The van der Waals surface area contributed by atoms with E-state index >= 15 is 0 Å². The standard InChI is InChI=1S/C27H53N3O4S/c1-20-17-21(22(31)28-14-11-26(7,8)34-19-24(2,3)4)30(18-20)23(32)29-15-12-25(5,6)33-16-13-27(9,10)35/h20-21,35H,11-19H2,1-10H3,(H,28,31)(H,29,32). The molecule has 0 aliphatic carbocycles. The van der Waals surface area contributed by atoms with Crippen molar-refractivity contribution in [3.8, 4) is 0 Å². The van der Waals surface area contributed by atoms with Gasteiger partial charge in [0.05, 0.1) is 17.8 Å². The Kier molecular flexibility index (Phi) is 11.9. The lowest BCUT2D eigenvalue weighted by molar-refractivity contribution is -0.125. The van der Waals surface area contributed by atoms with Gasteiger partial charge in [-0.3, -0.25) is 4.79 Å². The molecule has 0 aromatic rings. The number of hydrogen-bond donors (Lipinski definition) is 3. The lowest BCUT2D eigenvalue weighted by atomic mass is 9.97. The van der Waals surface area contributed by atoms with Crippen LogP contribution in [0.25, 0.3) is 0 Å². The zero-order valence-electron chi connectivity index (χ0n) is 24.0. The van der Waals surface area contributed by atoms with Gasteiger partial charge in [0.2, 0.25) is 5.91 Å². The Balaban J connectivity index is 2.49. The molecule has 1 aliphatic rings. The quantitative estimate of drug-likeness (QED) is 0.300. The maximum Gasteiger partial charge on any atom is 0.318 e. The molecular weight excluding hydrogens is 462 g/mol. The molecule has 0 radical (unpaired) electrons. The van der Waals surface area contributed by atoms with Gasteiger partial charge in [-0.2, -0.15) is 12.6 Å². The highest BCUT2D eigenvalue weighted by Gasteiger charge is 2.38. The average Bonchev–Trinajstić information content (AvgIpc) is 3.06. The van der Waals surface area contributed by atoms with Crippen molar-refractivity contribution in [2.75, 3.05) is 32.8 Å². The van der Waals surface area contributed by atoms with E-state index in [0.29, 0.717) is 52.1 Å². The molecular formula is C27H53N3O4S. The molecule has 1 rings (SSSR count). The predicted octanol–water partition coefficient (Wildman–Crippen LogP) is 5.04. The fraction of sp³-hybridized carbons (Fsp3) is 0.926. The van der Waals surface area contributed by atoms with Crippen molar-refractivity contribution in [2.45, 2.75) is 117 Å². The van der Waals surface area contributed by atoms with Crippen LogP contribution < -0.4 is 10.6 Å². The average molecular weight is 516 g/mol. The van der Waals surface area contributed by atoms with Crippen molar-refractivity contribution >= 4 is 24.6 Å². The molecule has 2 atom stereocenters. The molecule has 2 N–H and O–H groups in total. The van der Waals surface area contributed by atoms with E-state index in [2.05, 4.69) is 64.8 Å². The molecule has 0 aromatic carbocycles. The van der Waals surface area contributed by atoms with E-state index < -0.39 is 6.04 Å². The number of amides is 3. The number of rotatable bonds is 13. The van der Waals surface area contributed by atoms with Crippen LogP contribution in [0.15, 0.2) is 0 Å². The summed E-state index contributed by atoms with van der Waals surface area (Å²) in [6.07, 6.45) is 2.93. The normalized spacial score (nSPS) is 19.7. The third-order valence-electron chi connectivity index (χ3n) is 6.21. The Morgan fingerprint density at radius 2 is 1.43 bits per heavy atom. The second kappa shape index (κ2) is 13.0. The molecule has 0 spiro atoms. The van der Waals surface area contributed by atoms with Gasteiger partial charge in [-0.05, 0) is 64.7 Å². The van der Waals surface area contributed by atoms with Crippen LogP contribution in [0.1, 0.15) is 94.9 Å². The molecule has 0 aromatic heterocycles. The molecule has 206 valence electrons. The second-order valence-electron chi connectivity index (χ2n) is 13.3. The summed E-state index contributed by atoms with van der Waals surface area (Å²) < 4.78 is 12.0. The molecule has 8 heteroatoms. The Morgan fingerprint density at radius 3 is 1.97 bits per heavy atom. The fourth-order valence-electron chi connectivity index (χ4n) is 3.83. The molecule has 1 saturated heterocycles. The minimum atomic E-state index is -0.439. The summed E-state index contributed by atoms with van der Waals surface area (Å²) in [4.78, 5) is 27.5. The van der Waals surface area contributed by atoms with Gasteiger partial charge in [-0.1, -0.05) is 41.5 Å². The summed E-state index contributed by atoms with van der Waals surface area (Å²) in [5.74, 6) is 0.196. The lowest BCUT2D eigenvalue weighted by Crippen LogP contribution is -2.50. The maximum absolute atomic E-state index is 12.9. The fourth-order valence-corrected chi connectivity index (χ4v) is 3.92. The van der Waals surface area contributed by atoms with Crippen LogP contribution in [0.3, 0.4) is 0 Å². The van der Waals surface area contributed by atoms with Crippen molar-refractivity contribution in [1.29, 1.82) is 0 Å². The van der Waals surface area contributed by atoms with E-state index in [0.717, 1.165) is 6.42 Å². The highest BCUT2D eigenvalue weighted by atomic mass is 32.1. The SMILES string of the molecule is CC1CC(C(=O)NCCC(C)(C)OCC(C)(C)C)N(C(=O)NCCC(C)(C)OCCC(C)(C)S)C1. The van der Waals surface area contributed by atoms with Crippen molar-refractivity contribution in [3.63, 3.8) is 0 Å². The summed E-state index contributed by atoms with van der Waals surface area (Å²) in [5.41, 5.74) is -0.569. The smallest absolute Gasteiger partial charge is 0.318 e. The Labute approximate surface area is 220 Å². The van der Waals surface area contributed by atoms with E-state index in [1.54, 1.807) is 4.90 Å². The van der Waals surface area contributed by atoms with Crippen LogP contribution in [0.2, 0.25) is 0 Å². The van der Waals surface area contributed by atoms with Gasteiger partial charge in [-0.25, -0.2) is 4.79 Å². The van der Waals surface area contributed by atoms with Crippen LogP contribution in [0, 0.1) is 11.3 Å². The van der Waals surface area contributed by atoms with Crippen LogP contribution in [0.5, 0.6) is 0 Å². The monoisotopic (exact) mass is 515 g/mol. The van der Waals surface area contributed by atoms with Crippen LogP contribution in [-0.4, -0.2) is 71.7 Å². The first-order chi connectivity index (χ1) is 15.8. The number of nitrogens with zero attached hydrogens (tertiary/aromatic N) is 1. The first-order valence-electron chi connectivity index (χ1n) is 13.1. The molecule has 1 aliphatic heterocycles. The largest absolute Gasteiger partial charge is 0.375 e. The van der Waals surface area contributed by atoms with E-state index in [9.17, 15) is 9.59 Å². The molecule has 0 bridgehead atoms. The first kappa shape index (κ1) is 32.0. The number of urea groups is 1. The molecule has 1 fully saturated rings. The number of carbonyl (C=O) groups is 2. The Hall–Kier alpha value is -0.990. The molecule has 1 heterocycles. The van der Waals surface area contributed by atoms with Gasteiger partial charge in [-0.15, -0.1) is 0 Å². The lowest BCUT2D eigenvalue weighted by Gasteiger charge is -2.30. The van der Waals surface area contributed by atoms with E-state index in [1.807, 2.05) is 27.7 Å². The van der Waals surface area contributed by atoms with E-state index in [1.165, 1.54) is 0 Å². The van der Waals surface area contributed by atoms with Crippen LogP contribution in [0.4, 0.5) is 4.79 Å². The van der Waals surface area contributed by atoms with Gasteiger partial charge in [0.25, 0.3) is 0 Å². The summed E-state index contributed by atoms with van der Waals surface area (Å²) in [6, 6.07) is -0.624. The van der Waals surface area contributed by atoms with Crippen LogP contribution >= 0.6 is 12.6 Å². The van der Waals surface area contributed by atoms with E-state index in [-0.39, 0.29) is 39.2 Å². The van der Waals surface area contributed by atoms with Crippen molar-refractivity contribution in [2.24, 2.45) is 11.3 Å². The highest BCUT2D eigenvalue weighted by Crippen LogP contribution is 2.25. The minimum absolute atomic E-state index is 0.0679. The van der Waals surface area contributed by atoms with Crippen LogP contribution in [-0.2, 0) is 14.3 Å². The third-order valence-corrected chi connectivity index (χ3v) is 6.43. The van der Waals surface area contributed by atoms with Gasteiger partial charge < -0.3 is 25.0 Å². The molecule has 3 amide bonds. The summed E-state index contributed by atoms with van der Waals surface area (Å²) in [7, 11) is 0. The van der Waals surface area contributed by atoms with Gasteiger partial charge >= 0.3 is 6.03 Å². The number of likely N-dealkylation sites (tertiary alicyclic amines) is 1. The number of thiol groups is 1. The molecule has 7 nitrogen and oxygen atoms in total. The first-order valence-corrected chi connectivity index (χ1v) is 13.6. The predicted molar refractivity (Wildman–Crippen MR) is 147 cm³/mol. The highest BCUT2D eigenvalue weighted by molar-refractivity contribution is 7.81. The molecule has 35 heavy (non-hydrogen) atoms. The number of nitrogens with one attached hydrogen (secondary N) is 2. The van der Waals surface area contributed by atoms with Crippen molar-refractivity contribution in [1.82, 2.24) is 15.5 Å². The summed E-state index contributed by atoms with van der Waals surface area (Å²) >= 11 is 4.54. The number of carbonyl (C=O) groups excluding carboxylic acids is 2. The van der Waals surface area contributed by atoms with Gasteiger partial charge in [0.1, 0.15) is 6.04 Å². The van der Waals surface area contributed by atoms with Crippen molar-refractivity contribution in [3.05, 3.63) is 0 Å². The zero-order chi connectivity index (χ0) is 27.1. The second-order valence-corrected chi connectivity index (χ2v) is 14.5. The molecule has 2 unspecified atom stereocenters. The number of ether oxygens (including phenoxy) is 2. The Bertz CT molecular complexity index is 683. The summed E-state index contributed by atoms with van der Waals surface area (Å²) in [5, 5.41) is 6.03. The van der Waals surface area contributed by atoms with Gasteiger partial charge in [0.15, 0.2) is 0 Å². The molecule has 0 saturated carbocycles. The van der Waals surface area contributed by atoms with Gasteiger partial charge in [0, 0.05) is 31.0 Å². The summed E-state index contributed by atoms with van der Waals surface area (Å²) in [6.45, 7) is 23.7. The topological polar surface area (TPSA) is 79.9 Å². The minimum Gasteiger partial charge on any atom is -0.375 e. The Morgan fingerprint density at radius 1 is 0.886 bits per heavy atom. The van der Waals surface area contributed by atoms with E-state index in [4.69, 9.17) is 9.47 Å². The maximum atomic E-state index is 12.9.